The fourth-order valence-electron chi connectivity index (χ4n) is 9.54. The highest BCUT2D eigenvalue weighted by atomic mass is 31.0. The fourth-order valence-corrected chi connectivity index (χ4v) is 11.1. The summed E-state index contributed by atoms with van der Waals surface area (Å²) >= 11 is 0. The minimum Gasteiger partial charge on any atom is -0.314 e. The summed E-state index contributed by atoms with van der Waals surface area (Å²) < 4.78 is 0. The van der Waals surface area contributed by atoms with Gasteiger partial charge in [0.1, 0.15) is 0 Å². The van der Waals surface area contributed by atoms with Crippen molar-refractivity contribution in [3.63, 3.8) is 0 Å². The van der Waals surface area contributed by atoms with Gasteiger partial charge < -0.3 is 21.3 Å². The highest BCUT2D eigenvalue weighted by Gasteiger charge is 2.60. The monoisotopic (exact) mass is 516 g/mol. The van der Waals surface area contributed by atoms with Gasteiger partial charge in [0, 0.05) is 56.5 Å². The maximum atomic E-state index is 3.99. The predicted octanol–water partition coefficient (Wildman–Crippen LogP) is 3.71. The quantitative estimate of drug-likeness (QED) is 0.421. The minimum atomic E-state index is 0.00837. The molecule has 196 valence electrons. The molecule has 7 aliphatic rings. The van der Waals surface area contributed by atoms with Crippen LogP contribution >= 0.6 is 18.5 Å². The summed E-state index contributed by atoms with van der Waals surface area (Å²) in [7, 11) is 6.70. The molecule has 4 N–H and O–H groups in total. The van der Waals surface area contributed by atoms with Gasteiger partial charge in [-0.2, -0.15) is 0 Å². The van der Waals surface area contributed by atoms with Crippen molar-refractivity contribution in [3.8, 4) is 0 Å². The van der Waals surface area contributed by atoms with E-state index in [-0.39, 0.29) is 10.6 Å². The van der Waals surface area contributed by atoms with E-state index in [4.69, 9.17) is 0 Å². The molecule has 0 aromatic rings. The summed E-state index contributed by atoms with van der Waals surface area (Å²) in [6, 6.07) is 0.861. The smallest absolute Gasteiger partial charge is 0.0395 e. The fraction of sp³-hybridized carbons (Fsp3) is 0.862. The van der Waals surface area contributed by atoms with E-state index in [1.807, 2.05) is 0 Å². The van der Waals surface area contributed by atoms with Crippen molar-refractivity contribution in [2.75, 3.05) is 45.4 Å². The standard InChI is InChI=1S/C29H50N4P2/c1-27(2,3)21-11-22(28-13-18-8-19(14-28)10-20(9-18)24(28)17-34)23(12-21)29(35,25-15-30-4-6-32-25)26-16-31-5-7-33-26/h11,18-20,24-26,30-33H,4-10,12-17,34-35H2,1-3H3. The molecule has 0 aromatic carbocycles. The number of rotatable bonds is 5. The number of piperazine rings is 2. The second kappa shape index (κ2) is 9.43. The van der Waals surface area contributed by atoms with Crippen LogP contribution in [0.1, 0.15) is 59.3 Å². The molecule has 0 spiro atoms. The summed E-state index contributed by atoms with van der Waals surface area (Å²) in [4.78, 5) is 0. The lowest BCUT2D eigenvalue weighted by Crippen LogP contribution is -2.69. The summed E-state index contributed by atoms with van der Waals surface area (Å²) in [5, 5.41) is 15.5. The summed E-state index contributed by atoms with van der Waals surface area (Å²) in [6.07, 6.45) is 12.6. The van der Waals surface area contributed by atoms with Crippen molar-refractivity contribution in [2.45, 2.75) is 76.5 Å². The Balaban J connectivity index is 1.51. The highest BCUT2D eigenvalue weighted by molar-refractivity contribution is 7.19. The third-order valence-electron chi connectivity index (χ3n) is 11.0. The zero-order valence-electron chi connectivity index (χ0n) is 22.4. The molecule has 5 aliphatic carbocycles. The molecule has 2 aliphatic heterocycles. The lowest BCUT2D eigenvalue weighted by molar-refractivity contribution is -0.0765. The zero-order chi connectivity index (χ0) is 24.4. The van der Waals surface area contributed by atoms with Crippen LogP contribution < -0.4 is 21.3 Å². The van der Waals surface area contributed by atoms with E-state index in [2.05, 4.69) is 66.6 Å². The molecule has 7 rings (SSSR count). The average Bonchev–Trinajstić information content (AvgIpc) is 3.32. The van der Waals surface area contributed by atoms with Crippen molar-refractivity contribution in [1.29, 1.82) is 0 Å². The van der Waals surface area contributed by atoms with E-state index in [1.165, 1.54) is 38.3 Å². The van der Waals surface area contributed by atoms with Crippen LogP contribution in [-0.4, -0.2) is 62.7 Å². The van der Waals surface area contributed by atoms with Crippen molar-refractivity contribution in [2.24, 2.45) is 34.5 Å². The van der Waals surface area contributed by atoms with Gasteiger partial charge in [-0.25, -0.2) is 0 Å². The van der Waals surface area contributed by atoms with Gasteiger partial charge in [-0.3, -0.25) is 0 Å². The van der Waals surface area contributed by atoms with E-state index in [0.717, 1.165) is 69.4 Å². The van der Waals surface area contributed by atoms with Gasteiger partial charge in [-0.1, -0.05) is 32.4 Å². The van der Waals surface area contributed by atoms with E-state index in [1.54, 1.807) is 16.7 Å². The van der Waals surface area contributed by atoms with E-state index >= 15 is 0 Å². The second-order valence-corrected chi connectivity index (χ2v) is 15.4. The van der Waals surface area contributed by atoms with Gasteiger partial charge in [0.15, 0.2) is 0 Å². The average molecular weight is 517 g/mol. The maximum absolute atomic E-state index is 3.99. The molecule has 7 atom stereocenters. The predicted molar refractivity (Wildman–Crippen MR) is 155 cm³/mol. The van der Waals surface area contributed by atoms with E-state index in [9.17, 15) is 0 Å². The van der Waals surface area contributed by atoms with Crippen LogP contribution in [0.2, 0.25) is 0 Å². The van der Waals surface area contributed by atoms with Crippen molar-refractivity contribution in [3.05, 3.63) is 22.8 Å². The van der Waals surface area contributed by atoms with Gasteiger partial charge in [-0.15, -0.1) is 18.5 Å². The van der Waals surface area contributed by atoms with Gasteiger partial charge >= 0.3 is 0 Å². The molecule has 0 amide bonds. The van der Waals surface area contributed by atoms with Crippen LogP contribution in [0.4, 0.5) is 0 Å². The van der Waals surface area contributed by atoms with Crippen LogP contribution in [0.3, 0.4) is 0 Å². The highest BCUT2D eigenvalue weighted by Crippen LogP contribution is 2.68. The maximum Gasteiger partial charge on any atom is 0.0395 e. The third kappa shape index (κ3) is 4.17. The van der Waals surface area contributed by atoms with Gasteiger partial charge in [-0.05, 0) is 90.3 Å². The Morgan fingerprint density at radius 1 is 0.914 bits per heavy atom. The normalized spacial score (nSPS) is 43.4. The van der Waals surface area contributed by atoms with Gasteiger partial charge in [0.2, 0.25) is 0 Å². The molecule has 4 saturated carbocycles. The Morgan fingerprint density at radius 3 is 2.00 bits per heavy atom. The van der Waals surface area contributed by atoms with Crippen LogP contribution in [0.5, 0.6) is 0 Å². The summed E-state index contributed by atoms with van der Waals surface area (Å²) in [6.45, 7) is 13.7. The number of hydrogen-bond donors (Lipinski definition) is 4. The molecule has 0 radical (unpaired) electrons. The Labute approximate surface area is 218 Å². The number of nitrogens with one attached hydrogen (secondary N) is 4. The molecular formula is C29H50N4P2. The number of allylic oxidation sites excluding steroid dienone is 3. The van der Waals surface area contributed by atoms with Crippen molar-refractivity contribution in [1.82, 2.24) is 21.3 Å². The van der Waals surface area contributed by atoms with Crippen LogP contribution in [0.25, 0.3) is 0 Å². The van der Waals surface area contributed by atoms with Crippen LogP contribution in [-0.2, 0) is 0 Å². The minimum absolute atomic E-state index is 0.00837. The molecule has 35 heavy (non-hydrogen) atoms. The van der Waals surface area contributed by atoms with Gasteiger partial charge in [0.05, 0.1) is 0 Å². The molecule has 2 saturated heterocycles. The Morgan fingerprint density at radius 2 is 1.51 bits per heavy atom. The second-order valence-electron chi connectivity index (χ2n) is 13.9. The molecule has 0 aromatic heterocycles. The van der Waals surface area contributed by atoms with Crippen molar-refractivity contribution < 1.29 is 0 Å². The Bertz CT molecular complexity index is 846. The lowest BCUT2D eigenvalue weighted by atomic mass is 9.43. The molecule has 6 heteroatoms. The largest absolute Gasteiger partial charge is 0.314 e. The molecule has 6 fully saturated rings. The van der Waals surface area contributed by atoms with Gasteiger partial charge in [0.25, 0.3) is 0 Å². The summed E-state index contributed by atoms with van der Waals surface area (Å²) in [5.74, 6) is 3.71. The third-order valence-corrected chi connectivity index (χ3v) is 12.7. The number of hydrogen-bond acceptors (Lipinski definition) is 4. The Kier molecular flexibility index (Phi) is 6.86. The van der Waals surface area contributed by atoms with E-state index in [0.29, 0.717) is 17.5 Å². The first-order valence-corrected chi connectivity index (χ1v) is 16.0. The molecule has 7 unspecified atom stereocenters. The topological polar surface area (TPSA) is 48.1 Å². The van der Waals surface area contributed by atoms with Crippen molar-refractivity contribution >= 4 is 18.5 Å². The summed E-state index contributed by atoms with van der Waals surface area (Å²) in [5.41, 5.74) is 5.84. The molecule has 2 heterocycles. The van der Waals surface area contributed by atoms with Crippen LogP contribution in [0.15, 0.2) is 22.8 Å². The zero-order valence-corrected chi connectivity index (χ0v) is 24.7. The first-order valence-electron chi connectivity index (χ1n) is 14.6. The first-order chi connectivity index (χ1) is 16.8. The van der Waals surface area contributed by atoms with Crippen LogP contribution in [0, 0.1) is 34.5 Å². The Hall–Kier alpha value is 0.180. The molecular weight excluding hydrogens is 466 g/mol. The lowest BCUT2D eigenvalue weighted by Gasteiger charge is -2.63. The van der Waals surface area contributed by atoms with E-state index < -0.39 is 0 Å². The first kappa shape index (κ1) is 25.5. The molecule has 4 bridgehead atoms. The SMILES string of the molecule is CC(C)(C)C1=CC(C23CC4CC(CC(C4)C2CP)C3)=C(C(P)(C2CNCCN2)C2CNCCN2)C1. The molecule has 4 nitrogen and oxygen atoms in total.